The van der Waals surface area contributed by atoms with Gasteiger partial charge in [0.25, 0.3) is 5.69 Å². The summed E-state index contributed by atoms with van der Waals surface area (Å²) in [6, 6.07) is 11.2. The molecule has 0 fully saturated rings. The van der Waals surface area contributed by atoms with Crippen molar-refractivity contribution in [2.75, 3.05) is 6.61 Å². The van der Waals surface area contributed by atoms with Crippen molar-refractivity contribution in [2.45, 2.75) is 13.3 Å². The van der Waals surface area contributed by atoms with Gasteiger partial charge in [0.15, 0.2) is 12.2 Å². The third-order valence-corrected chi connectivity index (χ3v) is 3.86. The second-order valence-corrected chi connectivity index (χ2v) is 5.64. The topological polar surface area (TPSA) is 113 Å². The molecule has 3 aromatic rings. The van der Waals surface area contributed by atoms with Crippen LogP contribution in [0.3, 0.4) is 0 Å². The SMILES string of the molecule is Cc1ccc(C(=O)COC(=O)Cc2noc3ccccc23)cc1[N+](=O)[O-]. The zero-order valence-corrected chi connectivity index (χ0v) is 13.8. The number of fused-ring (bicyclic) bond motifs is 1. The number of esters is 1. The number of rotatable bonds is 6. The molecule has 0 aliphatic carbocycles. The summed E-state index contributed by atoms with van der Waals surface area (Å²) in [5.41, 5.74) is 1.38. The number of nitrogens with zero attached hydrogens (tertiary/aromatic N) is 2. The molecule has 26 heavy (non-hydrogen) atoms. The highest BCUT2D eigenvalue weighted by Gasteiger charge is 2.18. The number of carbonyl (C=O) groups is 2. The molecule has 0 N–H and O–H groups in total. The van der Waals surface area contributed by atoms with Gasteiger partial charge in [0.05, 0.1) is 11.3 Å². The maximum Gasteiger partial charge on any atom is 0.312 e. The van der Waals surface area contributed by atoms with Gasteiger partial charge in [-0.3, -0.25) is 19.7 Å². The summed E-state index contributed by atoms with van der Waals surface area (Å²) in [4.78, 5) is 34.4. The van der Waals surface area contributed by atoms with E-state index in [4.69, 9.17) is 9.26 Å². The molecule has 0 atom stereocenters. The van der Waals surface area contributed by atoms with Crippen molar-refractivity contribution in [2.24, 2.45) is 0 Å². The molecule has 0 unspecified atom stereocenters. The fraction of sp³-hybridized carbons (Fsp3) is 0.167. The average Bonchev–Trinajstić information content (AvgIpc) is 3.03. The summed E-state index contributed by atoms with van der Waals surface area (Å²) in [5, 5.41) is 15.5. The highest BCUT2D eigenvalue weighted by Crippen LogP contribution is 2.20. The highest BCUT2D eigenvalue weighted by molar-refractivity contribution is 5.98. The molecule has 1 aromatic heterocycles. The van der Waals surface area contributed by atoms with E-state index in [-0.39, 0.29) is 17.7 Å². The molecular weight excluding hydrogens is 340 g/mol. The highest BCUT2D eigenvalue weighted by atomic mass is 16.6. The van der Waals surface area contributed by atoms with E-state index in [1.54, 1.807) is 31.2 Å². The predicted molar refractivity (Wildman–Crippen MR) is 90.8 cm³/mol. The number of para-hydroxylation sites is 1. The van der Waals surface area contributed by atoms with E-state index >= 15 is 0 Å². The summed E-state index contributed by atoms with van der Waals surface area (Å²) in [6.45, 7) is 1.07. The third-order valence-electron chi connectivity index (χ3n) is 3.86. The molecule has 0 aliphatic rings. The maximum absolute atomic E-state index is 12.1. The number of aryl methyl sites for hydroxylation is 1. The van der Waals surface area contributed by atoms with Gasteiger partial charge in [0.2, 0.25) is 5.78 Å². The monoisotopic (exact) mass is 354 g/mol. The van der Waals surface area contributed by atoms with E-state index in [0.29, 0.717) is 22.2 Å². The Hall–Kier alpha value is -3.55. The van der Waals surface area contributed by atoms with E-state index in [2.05, 4.69) is 5.16 Å². The number of nitro benzene ring substituents is 1. The minimum Gasteiger partial charge on any atom is -0.457 e. The Kier molecular flexibility index (Phi) is 4.74. The van der Waals surface area contributed by atoms with Crippen LogP contribution >= 0.6 is 0 Å². The molecule has 0 aliphatic heterocycles. The van der Waals surface area contributed by atoms with Crippen LogP contribution in [-0.4, -0.2) is 28.4 Å². The minimum absolute atomic E-state index is 0.113. The van der Waals surface area contributed by atoms with Crippen LogP contribution in [0.5, 0.6) is 0 Å². The van der Waals surface area contributed by atoms with Crippen molar-refractivity contribution >= 4 is 28.4 Å². The summed E-state index contributed by atoms with van der Waals surface area (Å²) < 4.78 is 10.1. The molecule has 1 heterocycles. The molecule has 0 bridgehead atoms. The van der Waals surface area contributed by atoms with Gasteiger partial charge in [0.1, 0.15) is 5.69 Å². The van der Waals surface area contributed by atoms with Gasteiger partial charge >= 0.3 is 5.97 Å². The first-order valence-electron chi connectivity index (χ1n) is 7.73. The van der Waals surface area contributed by atoms with Crippen molar-refractivity contribution in [3.8, 4) is 0 Å². The zero-order valence-electron chi connectivity index (χ0n) is 13.8. The number of aromatic nitrogens is 1. The minimum atomic E-state index is -0.640. The second-order valence-electron chi connectivity index (χ2n) is 5.64. The van der Waals surface area contributed by atoms with Gasteiger partial charge in [-0.05, 0) is 19.1 Å². The van der Waals surface area contributed by atoms with Gasteiger partial charge in [-0.1, -0.05) is 29.4 Å². The fourth-order valence-electron chi connectivity index (χ4n) is 2.46. The number of carbonyl (C=O) groups excluding carboxylic acids is 2. The lowest BCUT2D eigenvalue weighted by molar-refractivity contribution is -0.385. The summed E-state index contributed by atoms with van der Waals surface area (Å²) in [5.74, 6) is -1.16. The molecular formula is C18H14N2O6. The Labute approximate surface area is 147 Å². The number of ketones is 1. The number of nitro groups is 1. The standard InChI is InChI=1S/C18H14N2O6/c1-11-6-7-12(8-15(11)20(23)24)16(21)10-25-18(22)9-14-13-4-2-3-5-17(13)26-19-14/h2-8H,9-10H2,1H3. The Balaban J connectivity index is 1.63. The van der Waals surface area contributed by atoms with Crippen molar-refractivity contribution in [3.05, 3.63) is 69.4 Å². The van der Waals surface area contributed by atoms with E-state index in [1.165, 1.54) is 18.2 Å². The van der Waals surface area contributed by atoms with Gasteiger partial charge in [0, 0.05) is 22.6 Å². The molecule has 0 amide bonds. The number of hydrogen-bond donors (Lipinski definition) is 0. The van der Waals surface area contributed by atoms with Crippen molar-refractivity contribution < 1.29 is 23.8 Å². The largest absolute Gasteiger partial charge is 0.457 e. The average molecular weight is 354 g/mol. The molecule has 2 aromatic carbocycles. The van der Waals surface area contributed by atoms with Crippen LogP contribution in [0.25, 0.3) is 11.0 Å². The molecule has 0 saturated carbocycles. The summed E-state index contributed by atoms with van der Waals surface area (Å²) >= 11 is 0. The number of hydrogen-bond acceptors (Lipinski definition) is 7. The normalized spacial score (nSPS) is 10.7. The maximum atomic E-state index is 12.1. The molecule has 0 radical (unpaired) electrons. The van der Waals surface area contributed by atoms with E-state index in [1.807, 2.05) is 0 Å². The first-order valence-corrected chi connectivity index (χ1v) is 7.73. The van der Waals surface area contributed by atoms with Crippen molar-refractivity contribution in [1.29, 1.82) is 0 Å². The van der Waals surface area contributed by atoms with Crippen molar-refractivity contribution in [3.63, 3.8) is 0 Å². The summed E-state index contributed by atoms with van der Waals surface area (Å²) in [6.07, 6.45) is -0.141. The van der Waals surface area contributed by atoms with Gasteiger partial charge in [-0.25, -0.2) is 0 Å². The summed E-state index contributed by atoms with van der Waals surface area (Å²) in [7, 11) is 0. The van der Waals surface area contributed by atoms with Gasteiger partial charge in [-0.2, -0.15) is 0 Å². The van der Waals surface area contributed by atoms with Crippen LogP contribution in [0.1, 0.15) is 21.6 Å². The lowest BCUT2D eigenvalue weighted by Gasteiger charge is -2.04. The van der Waals surface area contributed by atoms with Gasteiger partial charge in [-0.15, -0.1) is 0 Å². The smallest absolute Gasteiger partial charge is 0.312 e. The molecule has 0 saturated heterocycles. The number of benzene rings is 2. The molecule has 132 valence electrons. The second kappa shape index (κ2) is 7.14. The van der Waals surface area contributed by atoms with Crippen LogP contribution in [0.2, 0.25) is 0 Å². The predicted octanol–water partition coefficient (Wildman–Crippen LogP) is 3.01. The first-order chi connectivity index (χ1) is 12.5. The number of ether oxygens (including phenoxy) is 1. The van der Waals surface area contributed by atoms with Crippen LogP contribution in [0, 0.1) is 17.0 Å². The molecule has 0 spiro atoms. The van der Waals surface area contributed by atoms with E-state index in [0.717, 1.165) is 0 Å². The van der Waals surface area contributed by atoms with Crippen LogP contribution in [-0.2, 0) is 16.0 Å². The molecule has 8 heteroatoms. The fourth-order valence-corrected chi connectivity index (χ4v) is 2.46. The van der Waals surface area contributed by atoms with E-state index in [9.17, 15) is 19.7 Å². The lowest BCUT2D eigenvalue weighted by atomic mass is 10.1. The Morgan fingerprint density at radius 1 is 1.23 bits per heavy atom. The Morgan fingerprint density at radius 2 is 2.00 bits per heavy atom. The quantitative estimate of drug-likeness (QED) is 0.289. The van der Waals surface area contributed by atoms with Gasteiger partial charge < -0.3 is 9.26 Å². The zero-order chi connectivity index (χ0) is 18.7. The van der Waals surface area contributed by atoms with E-state index < -0.39 is 23.3 Å². The lowest BCUT2D eigenvalue weighted by Crippen LogP contribution is -2.16. The third kappa shape index (κ3) is 3.59. The van der Waals surface area contributed by atoms with Crippen LogP contribution < -0.4 is 0 Å². The molecule has 8 nitrogen and oxygen atoms in total. The first kappa shape index (κ1) is 17.3. The Bertz CT molecular complexity index is 1010. The Morgan fingerprint density at radius 3 is 2.77 bits per heavy atom. The van der Waals surface area contributed by atoms with Crippen molar-refractivity contribution in [1.82, 2.24) is 5.16 Å². The van der Waals surface area contributed by atoms with Crippen LogP contribution in [0.4, 0.5) is 5.69 Å². The number of Topliss-reactive ketones (excluding diaryl/α,β-unsaturated/α-hetero) is 1. The molecule has 3 rings (SSSR count). The van der Waals surface area contributed by atoms with Crippen LogP contribution in [0.15, 0.2) is 47.0 Å².